The Labute approximate surface area is 108 Å². The van der Waals surface area contributed by atoms with Gasteiger partial charge in [-0.1, -0.05) is 0 Å². The summed E-state index contributed by atoms with van der Waals surface area (Å²) in [4.78, 5) is 0. The third-order valence-electron chi connectivity index (χ3n) is 3.90. The Morgan fingerprint density at radius 1 is 1.22 bits per heavy atom. The summed E-state index contributed by atoms with van der Waals surface area (Å²) in [5.74, 6) is 1.23. The first-order valence-electron chi connectivity index (χ1n) is 6.51. The number of rotatable bonds is 2. The van der Waals surface area contributed by atoms with Crippen molar-refractivity contribution in [3.05, 3.63) is 22.3 Å². The Hall–Kier alpha value is -1.22. The number of aliphatic hydroxyl groups excluding tert-OH is 1. The quantitative estimate of drug-likeness (QED) is 0.848. The lowest BCUT2D eigenvalue weighted by Gasteiger charge is -2.35. The SMILES string of the molecule is Cc1c(C)c2c(c(CCO)c1O)CCC(C)(C)O2. The summed E-state index contributed by atoms with van der Waals surface area (Å²) < 4.78 is 6.08. The zero-order valence-corrected chi connectivity index (χ0v) is 11.6. The van der Waals surface area contributed by atoms with Crippen LogP contribution in [0.5, 0.6) is 11.5 Å². The molecule has 2 N–H and O–H groups in total. The van der Waals surface area contributed by atoms with Crippen LogP contribution >= 0.6 is 0 Å². The molecule has 0 bridgehead atoms. The fourth-order valence-corrected chi connectivity index (χ4v) is 2.62. The lowest BCUT2D eigenvalue weighted by atomic mass is 9.86. The Morgan fingerprint density at radius 2 is 1.89 bits per heavy atom. The Bertz CT molecular complexity index is 475. The first-order chi connectivity index (χ1) is 8.37. The van der Waals surface area contributed by atoms with Gasteiger partial charge in [0.1, 0.15) is 17.1 Å². The summed E-state index contributed by atoms with van der Waals surface area (Å²) in [6.45, 7) is 8.10. The Balaban J connectivity index is 2.62. The van der Waals surface area contributed by atoms with E-state index in [1.165, 1.54) is 0 Å². The second-order valence-electron chi connectivity index (χ2n) is 5.72. The maximum Gasteiger partial charge on any atom is 0.127 e. The van der Waals surface area contributed by atoms with E-state index in [0.717, 1.165) is 40.8 Å². The van der Waals surface area contributed by atoms with Crippen LogP contribution in [0.25, 0.3) is 0 Å². The third-order valence-corrected chi connectivity index (χ3v) is 3.90. The number of aromatic hydroxyl groups is 1. The topological polar surface area (TPSA) is 49.7 Å². The fourth-order valence-electron chi connectivity index (χ4n) is 2.62. The van der Waals surface area contributed by atoms with E-state index < -0.39 is 0 Å². The van der Waals surface area contributed by atoms with E-state index in [-0.39, 0.29) is 12.2 Å². The van der Waals surface area contributed by atoms with Gasteiger partial charge < -0.3 is 14.9 Å². The largest absolute Gasteiger partial charge is 0.507 e. The lowest BCUT2D eigenvalue weighted by Crippen LogP contribution is -2.33. The zero-order valence-electron chi connectivity index (χ0n) is 11.6. The van der Waals surface area contributed by atoms with Crippen LogP contribution in [0.4, 0.5) is 0 Å². The minimum Gasteiger partial charge on any atom is -0.507 e. The van der Waals surface area contributed by atoms with Crippen LogP contribution in [0.1, 0.15) is 42.5 Å². The summed E-state index contributed by atoms with van der Waals surface area (Å²) in [7, 11) is 0. The minimum absolute atomic E-state index is 0.0475. The highest BCUT2D eigenvalue weighted by Crippen LogP contribution is 2.43. The maximum absolute atomic E-state index is 10.2. The summed E-state index contributed by atoms with van der Waals surface area (Å²) in [6, 6.07) is 0. The van der Waals surface area contributed by atoms with E-state index in [1.807, 2.05) is 13.8 Å². The van der Waals surface area contributed by atoms with Crippen LogP contribution in [0, 0.1) is 13.8 Å². The van der Waals surface area contributed by atoms with Crippen LogP contribution in [-0.2, 0) is 12.8 Å². The monoisotopic (exact) mass is 250 g/mol. The number of benzene rings is 1. The molecule has 1 aliphatic rings. The molecular formula is C15H22O3. The van der Waals surface area contributed by atoms with Crippen molar-refractivity contribution in [2.75, 3.05) is 6.61 Å². The highest BCUT2D eigenvalue weighted by atomic mass is 16.5. The molecule has 3 heteroatoms. The summed E-state index contributed by atoms with van der Waals surface area (Å²) in [5.41, 5.74) is 3.64. The number of hydrogen-bond acceptors (Lipinski definition) is 3. The average Bonchev–Trinajstić information content (AvgIpc) is 2.31. The molecule has 1 aliphatic heterocycles. The van der Waals surface area contributed by atoms with Crippen molar-refractivity contribution in [3.8, 4) is 11.5 Å². The first kappa shape index (κ1) is 13.2. The van der Waals surface area contributed by atoms with Crippen molar-refractivity contribution in [3.63, 3.8) is 0 Å². The van der Waals surface area contributed by atoms with Crippen LogP contribution in [0.3, 0.4) is 0 Å². The van der Waals surface area contributed by atoms with Crippen molar-refractivity contribution in [2.24, 2.45) is 0 Å². The predicted molar refractivity (Wildman–Crippen MR) is 71.4 cm³/mol. The molecule has 1 heterocycles. The van der Waals surface area contributed by atoms with Gasteiger partial charge in [-0.3, -0.25) is 0 Å². The molecule has 0 fully saturated rings. The molecule has 0 saturated heterocycles. The van der Waals surface area contributed by atoms with Crippen molar-refractivity contribution in [2.45, 2.75) is 52.6 Å². The lowest BCUT2D eigenvalue weighted by molar-refractivity contribution is 0.0829. The summed E-state index contributed by atoms with van der Waals surface area (Å²) in [6.07, 6.45) is 2.31. The van der Waals surface area contributed by atoms with Crippen LogP contribution in [0.15, 0.2) is 0 Å². The van der Waals surface area contributed by atoms with Gasteiger partial charge in [0.25, 0.3) is 0 Å². The van der Waals surface area contributed by atoms with Gasteiger partial charge in [0.2, 0.25) is 0 Å². The summed E-state index contributed by atoms with van der Waals surface area (Å²) in [5, 5.41) is 19.4. The van der Waals surface area contributed by atoms with Crippen LogP contribution in [0.2, 0.25) is 0 Å². The first-order valence-corrected chi connectivity index (χ1v) is 6.51. The predicted octanol–water partition coefficient (Wildman–Crippen LogP) is 2.65. The molecular weight excluding hydrogens is 228 g/mol. The molecule has 0 aromatic heterocycles. The van der Waals surface area contributed by atoms with Gasteiger partial charge in [-0.05, 0) is 58.1 Å². The molecule has 0 spiro atoms. The van der Waals surface area contributed by atoms with E-state index in [9.17, 15) is 5.11 Å². The number of hydrogen-bond donors (Lipinski definition) is 2. The van der Waals surface area contributed by atoms with Gasteiger partial charge in [0.05, 0.1) is 0 Å². The Kier molecular flexibility index (Phi) is 3.28. The fraction of sp³-hybridized carbons (Fsp3) is 0.600. The van der Waals surface area contributed by atoms with Gasteiger partial charge in [-0.2, -0.15) is 0 Å². The maximum atomic E-state index is 10.2. The van der Waals surface area contributed by atoms with Crippen molar-refractivity contribution in [1.82, 2.24) is 0 Å². The van der Waals surface area contributed by atoms with E-state index in [4.69, 9.17) is 9.84 Å². The van der Waals surface area contributed by atoms with Crippen molar-refractivity contribution in [1.29, 1.82) is 0 Å². The smallest absolute Gasteiger partial charge is 0.127 e. The second kappa shape index (κ2) is 4.47. The number of aliphatic hydroxyl groups is 1. The van der Waals surface area contributed by atoms with Crippen molar-refractivity contribution >= 4 is 0 Å². The molecule has 0 saturated carbocycles. The molecule has 2 rings (SSSR count). The standard InChI is InChI=1S/C15H22O3/c1-9-10(2)14-12(5-7-15(3,4)18-14)11(6-8-16)13(9)17/h16-17H,5-8H2,1-4H3. The molecule has 18 heavy (non-hydrogen) atoms. The van der Waals surface area contributed by atoms with E-state index in [0.29, 0.717) is 12.2 Å². The molecule has 0 radical (unpaired) electrons. The van der Waals surface area contributed by atoms with Crippen molar-refractivity contribution < 1.29 is 14.9 Å². The number of fused-ring (bicyclic) bond motifs is 1. The highest BCUT2D eigenvalue weighted by molar-refractivity contribution is 5.58. The minimum atomic E-state index is -0.155. The number of phenolic OH excluding ortho intramolecular Hbond substituents is 1. The molecule has 0 unspecified atom stereocenters. The van der Waals surface area contributed by atoms with Gasteiger partial charge in [-0.15, -0.1) is 0 Å². The van der Waals surface area contributed by atoms with Gasteiger partial charge in [0.15, 0.2) is 0 Å². The molecule has 0 amide bonds. The molecule has 3 nitrogen and oxygen atoms in total. The van der Waals surface area contributed by atoms with Crippen LogP contribution in [-0.4, -0.2) is 22.4 Å². The number of phenols is 1. The Morgan fingerprint density at radius 3 is 2.50 bits per heavy atom. The molecule has 100 valence electrons. The molecule has 1 aromatic carbocycles. The third kappa shape index (κ3) is 2.07. The highest BCUT2D eigenvalue weighted by Gasteiger charge is 2.31. The number of ether oxygens (including phenoxy) is 1. The summed E-state index contributed by atoms with van der Waals surface area (Å²) >= 11 is 0. The molecule has 1 aromatic rings. The van der Waals surface area contributed by atoms with E-state index >= 15 is 0 Å². The van der Waals surface area contributed by atoms with Gasteiger partial charge in [0, 0.05) is 17.7 Å². The van der Waals surface area contributed by atoms with Gasteiger partial charge >= 0.3 is 0 Å². The second-order valence-corrected chi connectivity index (χ2v) is 5.72. The normalized spacial score (nSPS) is 17.2. The van der Waals surface area contributed by atoms with E-state index in [2.05, 4.69) is 13.8 Å². The van der Waals surface area contributed by atoms with Gasteiger partial charge in [-0.25, -0.2) is 0 Å². The average molecular weight is 250 g/mol. The molecule has 0 atom stereocenters. The molecule has 0 aliphatic carbocycles. The zero-order chi connectivity index (χ0) is 13.5. The van der Waals surface area contributed by atoms with E-state index in [1.54, 1.807) is 0 Å². The van der Waals surface area contributed by atoms with Crippen LogP contribution < -0.4 is 4.74 Å².